The van der Waals surface area contributed by atoms with Gasteiger partial charge in [-0.2, -0.15) is 0 Å². The second-order valence-electron chi connectivity index (χ2n) is 6.32. The lowest BCUT2D eigenvalue weighted by Crippen LogP contribution is -2.55. The smallest absolute Gasteiger partial charge is 0.322 e. The van der Waals surface area contributed by atoms with Crippen molar-refractivity contribution in [1.82, 2.24) is 20.5 Å². The summed E-state index contributed by atoms with van der Waals surface area (Å²) in [4.78, 5) is 30.2. The topological polar surface area (TPSA) is 74.3 Å². The highest BCUT2D eigenvalue weighted by atomic mass is 16.2. The van der Waals surface area contributed by atoms with Gasteiger partial charge >= 0.3 is 6.03 Å². The summed E-state index contributed by atoms with van der Waals surface area (Å²) in [6.07, 6.45) is 4.73. The second-order valence-corrected chi connectivity index (χ2v) is 6.32. The fourth-order valence-corrected chi connectivity index (χ4v) is 3.39. The Balaban J connectivity index is 1.60. The Morgan fingerprint density at radius 3 is 2.95 bits per heavy atom. The lowest BCUT2D eigenvalue weighted by molar-refractivity contribution is -0.126. The van der Waals surface area contributed by atoms with Crippen LogP contribution in [0, 0.1) is 5.92 Å². The summed E-state index contributed by atoms with van der Waals surface area (Å²) in [6.45, 7) is 4.63. The van der Waals surface area contributed by atoms with E-state index in [9.17, 15) is 9.59 Å². The summed E-state index contributed by atoms with van der Waals surface area (Å²) in [5.74, 6) is -0.0505. The van der Waals surface area contributed by atoms with Crippen LogP contribution in [0.4, 0.5) is 4.79 Å². The van der Waals surface area contributed by atoms with Crippen molar-refractivity contribution in [2.45, 2.75) is 31.7 Å². The Kier molecular flexibility index (Phi) is 4.11. The van der Waals surface area contributed by atoms with Crippen molar-refractivity contribution >= 4 is 11.9 Å². The van der Waals surface area contributed by atoms with Crippen LogP contribution in [-0.4, -0.2) is 47.0 Å². The molecule has 6 heteroatoms. The van der Waals surface area contributed by atoms with Gasteiger partial charge < -0.3 is 10.2 Å². The molecule has 2 N–H and O–H groups in total. The summed E-state index contributed by atoms with van der Waals surface area (Å²) in [6, 6.07) is 5.58. The van der Waals surface area contributed by atoms with Crippen LogP contribution in [0.3, 0.4) is 0 Å². The molecule has 2 fully saturated rings. The number of urea groups is 1. The first kappa shape index (κ1) is 15.0. The normalized spacial score (nSPS) is 29.2. The van der Waals surface area contributed by atoms with Crippen LogP contribution in [0.5, 0.6) is 0 Å². The first-order valence-electron chi connectivity index (χ1n) is 7.84. The summed E-state index contributed by atoms with van der Waals surface area (Å²) in [7, 11) is 0. The molecule has 1 aromatic rings. The van der Waals surface area contributed by atoms with Crippen LogP contribution in [0.25, 0.3) is 0 Å². The summed E-state index contributed by atoms with van der Waals surface area (Å²) >= 11 is 0. The number of aromatic nitrogens is 1. The molecule has 0 spiro atoms. The number of nitrogens with one attached hydrogen (secondary N) is 2. The lowest BCUT2D eigenvalue weighted by Gasteiger charge is -2.39. The molecule has 2 aliphatic rings. The maximum atomic E-state index is 12.1. The number of hydrogen-bond donors (Lipinski definition) is 2. The minimum atomic E-state index is -0.777. The molecule has 0 bridgehead atoms. The first-order chi connectivity index (χ1) is 10.6. The third kappa shape index (κ3) is 2.97. The number of hydrogen-bond acceptors (Lipinski definition) is 4. The van der Waals surface area contributed by atoms with Gasteiger partial charge in [-0.3, -0.25) is 15.1 Å². The molecule has 0 aromatic carbocycles. The quantitative estimate of drug-likeness (QED) is 0.812. The number of carbonyl (C=O) groups is 2. The van der Waals surface area contributed by atoms with E-state index in [1.165, 1.54) is 0 Å². The predicted molar refractivity (Wildman–Crippen MR) is 82.2 cm³/mol. The maximum Gasteiger partial charge on any atom is 0.322 e. The minimum Gasteiger partial charge on any atom is -0.323 e. The molecule has 2 aliphatic heterocycles. The average molecular weight is 302 g/mol. The number of likely N-dealkylation sites (tertiary alicyclic amines) is 1. The van der Waals surface area contributed by atoms with E-state index in [0.717, 1.165) is 44.6 Å². The first-order valence-corrected chi connectivity index (χ1v) is 7.84. The highest BCUT2D eigenvalue weighted by molar-refractivity contribution is 6.06. The number of piperidine rings is 1. The van der Waals surface area contributed by atoms with Crippen LogP contribution in [-0.2, 0) is 11.2 Å². The van der Waals surface area contributed by atoms with Crippen molar-refractivity contribution in [3.05, 3.63) is 30.1 Å². The predicted octanol–water partition coefficient (Wildman–Crippen LogP) is 0.934. The van der Waals surface area contributed by atoms with Gasteiger partial charge in [0.15, 0.2) is 0 Å². The Bertz CT molecular complexity index is 563. The standard InChI is InChI=1S/C16H22N4O2/c1-16(14(21)18-15(22)19-16)12-5-4-9-20(11-12)10-7-13-6-2-3-8-17-13/h2-3,6,8,12H,4-5,7,9-11H2,1H3,(H2,18,19,21,22)/t12-,16-/m0/s1. The molecular weight excluding hydrogens is 280 g/mol. The van der Waals surface area contributed by atoms with Gasteiger partial charge in [-0.05, 0) is 38.4 Å². The van der Waals surface area contributed by atoms with Gasteiger partial charge in [0.05, 0.1) is 0 Å². The van der Waals surface area contributed by atoms with E-state index >= 15 is 0 Å². The lowest BCUT2D eigenvalue weighted by atomic mass is 9.80. The Labute approximate surface area is 130 Å². The number of nitrogens with zero attached hydrogens (tertiary/aromatic N) is 2. The molecule has 22 heavy (non-hydrogen) atoms. The summed E-state index contributed by atoms with van der Waals surface area (Å²) in [5, 5.41) is 5.17. The molecular formula is C16H22N4O2. The molecule has 6 nitrogen and oxygen atoms in total. The molecule has 1 aromatic heterocycles. The van der Waals surface area contributed by atoms with E-state index < -0.39 is 5.54 Å². The van der Waals surface area contributed by atoms with Crippen molar-refractivity contribution in [1.29, 1.82) is 0 Å². The second kappa shape index (κ2) is 6.04. The highest BCUT2D eigenvalue weighted by Gasteiger charge is 2.48. The molecule has 0 saturated carbocycles. The van der Waals surface area contributed by atoms with E-state index in [-0.39, 0.29) is 17.9 Å². The SMILES string of the molecule is C[C@@]1([C@H]2CCCN(CCc3ccccn3)C2)NC(=O)NC1=O. The number of carbonyl (C=O) groups excluding carboxylic acids is 2. The van der Waals surface area contributed by atoms with Gasteiger partial charge in [-0.15, -0.1) is 0 Å². The van der Waals surface area contributed by atoms with Crippen LogP contribution in [0.15, 0.2) is 24.4 Å². The molecule has 2 atom stereocenters. The molecule has 3 amide bonds. The van der Waals surface area contributed by atoms with Gasteiger partial charge in [0.2, 0.25) is 0 Å². The van der Waals surface area contributed by atoms with E-state index in [4.69, 9.17) is 0 Å². The van der Waals surface area contributed by atoms with Gasteiger partial charge in [0.1, 0.15) is 5.54 Å². The van der Waals surface area contributed by atoms with Gasteiger partial charge in [-0.1, -0.05) is 6.07 Å². The number of rotatable bonds is 4. The van der Waals surface area contributed by atoms with Crippen molar-refractivity contribution in [3.63, 3.8) is 0 Å². The molecule has 3 rings (SSSR count). The zero-order valence-electron chi connectivity index (χ0n) is 12.8. The average Bonchev–Trinajstić information content (AvgIpc) is 2.80. The van der Waals surface area contributed by atoms with E-state index in [0.29, 0.717) is 0 Å². The van der Waals surface area contributed by atoms with Gasteiger partial charge in [0.25, 0.3) is 5.91 Å². The minimum absolute atomic E-state index is 0.149. The van der Waals surface area contributed by atoms with Crippen LogP contribution >= 0.6 is 0 Å². The number of amides is 3. The fourth-order valence-electron chi connectivity index (χ4n) is 3.39. The third-order valence-corrected chi connectivity index (χ3v) is 4.80. The van der Waals surface area contributed by atoms with Crippen LogP contribution < -0.4 is 10.6 Å². The van der Waals surface area contributed by atoms with Crippen LogP contribution in [0.1, 0.15) is 25.5 Å². The van der Waals surface area contributed by atoms with E-state index in [2.05, 4.69) is 20.5 Å². The maximum absolute atomic E-state index is 12.1. The zero-order chi connectivity index (χ0) is 15.6. The molecule has 0 unspecified atom stereocenters. The van der Waals surface area contributed by atoms with Gasteiger partial charge in [-0.25, -0.2) is 4.79 Å². The molecule has 118 valence electrons. The Hall–Kier alpha value is -1.95. The van der Waals surface area contributed by atoms with Crippen molar-refractivity contribution in [2.24, 2.45) is 5.92 Å². The molecule has 0 radical (unpaired) electrons. The van der Waals surface area contributed by atoms with Crippen LogP contribution in [0.2, 0.25) is 0 Å². The van der Waals surface area contributed by atoms with Crippen molar-refractivity contribution < 1.29 is 9.59 Å². The third-order valence-electron chi connectivity index (χ3n) is 4.80. The zero-order valence-corrected chi connectivity index (χ0v) is 12.8. The van der Waals surface area contributed by atoms with Gasteiger partial charge in [0, 0.05) is 37.3 Å². The molecule has 2 saturated heterocycles. The highest BCUT2D eigenvalue weighted by Crippen LogP contribution is 2.29. The largest absolute Gasteiger partial charge is 0.323 e. The fraction of sp³-hybridized carbons (Fsp3) is 0.562. The summed E-state index contributed by atoms with van der Waals surface area (Å²) in [5.41, 5.74) is 0.309. The van der Waals surface area contributed by atoms with Crippen molar-refractivity contribution in [3.8, 4) is 0 Å². The molecule has 0 aliphatic carbocycles. The van der Waals surface area contributed by atoms with Crippen molar-refractivity contribution in [2.75, 3.05) is 19.6 Å². The monoisotopic (exact) mass is 302 g/mol. The van der Waals surface area contributed by atoms with E-state index in [1.807, 2.05) is 31.3 Å². The Morgan fingerprint density at radius 1 is 1.41 bits per heavy atom. The Morgan fingerprint density at radius 2 is 2.27 bits per heavy atom. The number of pyridine rings is 1. The number of imide groups is 1. The molecule has 3 heterocycles. The summed E-state index contributed by atoms with van der Waals surface area (Å²) < 4.78 is 0. The van der Waals surface area contributed by atoms with E-state index in [1.54, 1.807) is 0 Å².